The van der Waals surface area contributed by atoms with Gasteiger partial charge in [-0.3, -0.25) is 0 Å². The Morgan fingerprint density at radius 1 is 0.714 bits per heavy atom. The van der Waals surface area contributed by atoms with Gasteiger partial charge in [0.2, 0.25) is 0 Å². The first kappa shape index (κ1) is 38.3. The summed E-state index contributed by atoms with van der Waals surface area (Å²) in [5.41, 5.74) is 0.264. The van der Waals surface area contributed by atoms with Gasteiger partial charge < -0.3 is 48.5 Å². The molecule has 0 radical (unpaired) electrons. The molecule has 2 aliphatic heterocycles. The molecule has 2 amide bonds. The van der Waals surface area contributed by atoms with E-state index >= 15 is 0 Å². The van der Waals surface area contributed by atoms with Crippen LogP contribution < -0.4 is 10.6 Å². The lowest BCUT2D eigenvalue weighted by atomic mass is 9.80. The van der Waals surface area contributed by atoms with E-state index in [9.17, 15) is 19.2 Å². The van der Waals surface area contributed by atoms with Crippen LogP contribution in [0, 0.1) is 11.8 Å². The first-order valence-electron chi connectivity index (χ1n) is 17.0. The van der Waals surface area contributed by atoms with Gasteiger partial charge in [-0.15, -0.1) is 0 Å². The number of alkyl carbamates (subject to hydrolysis) is 2. The highest BCUT2D eigenvalue weighted by atomic mass is 16.7. The Labute approximate surface area is 288 Å². The average Bonchev–Trinajstić information content (AvgIpc) is 3.75. The summed E-state index contributed by atoms with van der Waals surface area (Å²) >= 11 is 0. The molecule has 2 spiro atoms. The number of ether oxygens (including phenoxy) is 8. The molecule has 0 unspecified atom stereocenters. The van der Waals surface area contributed by atoms with Gasteiger partial charge in [0, 0.05) is 25.7 Å². The lowest BCUT2D eigenvalue weighted by molar-refractivity contribution is -0.185. The SMILES string of the molecule is COC(=O)[C@@H](NC(=O)OC(C)(C)C)C1CCC2(CC1)OCCO2.COC(=O)[C@@H](NC(=O)OCc1ccccc1)C1CCC2(CC1)OCCO2. The third-order valence-electron chi connectivity index (χ3n) is 9.22. The van der Waals surface area contributed by atoms with Crippen molar-refractivity contribution < 1.29 is 57.1 Å². The van der Waals surface area contributed by atoms with E-state index in [0.29, 0.717) is 65.0 Å². The quantitative estimate of drug-likeness (QED) is 0.292. The van der Waals surface area contributed by atoms with E-state index in [0.717, 1.165) is 18.4 Å². The zero-order chi connectivity index (χ0) is 35.5. The number of rotatable bonds is 8. The minimum absolute atomic E-state index is 0.0200. The second-order valence-electron chi connectivity index (χ2n) is 13.7. The highest BCUT2D eigenvalue weighted by molar-refractivity contribution is 5.82. The van der Waals surface area contributed by atoms with Crippen molar-refractivity contribution >= 4 is 24.1 Å². The molecule has 274 valence electrons. The Balaban J connectivity index is 0.000000223. The van der Waals surface area contributed by atoms with Crippen LogP contribution in [0.1, 0.15) is 77.7 Å². The molecule has 14 heteroatoms. The van der Waals surface area contributed by atoms with Crippen LogP contribution in [0.3, 0.4) is 0 Å². The van der Waals surface area contributed by atoms with Crippen molar-refractivity contribution in [2.45, 2.75) is 108 Å². The maximum atomic E-state index is 12.2. The summed E-state index contributed by atoms with van der Waals surface area (Å²) in [7, 11) is 2.64. The third kappa shape index (κ3) is 11.3. The molecule has 1 aromatic carbocycles. The van der Waals surface area contributed by atoms with Gasteiger partial charge in [0.1, 0.15) is 24.3 Å². The predicted molar refractivity (Wildman–Crippen MR) is 174 cm³/mol. The topological polar surface area (TPSA) is 166 Å². The van der Waals surface area contributed by atoms with Gasteiger partial charge in [0.15, 0.2) is 11.6 Å². The minimum atomic E-state index is -0.734. The van der Waals surface area contributed by atoms with Crippen molar-refractivity contribution in [1.82, 2.24) is 10.6 Å². The van der Waals surface area contributed by atoms with Gasteiger partial charge in [-0.25, -0.2) is 19.2 Å². The van der Waals surface area contributed by atoms with Crippen LogP contribution in [0.2, 0.25) is 0 Å². The molecule has 2 N–H and O–H groups in total. The van der Waals surface area contributed by atoms with Crippen molar-refractivity contribution in [3.63, 3.8) is 0 Å². The summed E-state index contributed by atoms with van der Waals surface area (Å²) in [6.45, 7) is 7.92. The van der Waals surface area contributed by atoms with E-state index in [1.807, 2.05) is 30.3 Å². The fourth-order valence-corrected chi connectivity index (χ4v) is 6.72. The number of hydrogen-bond donors (Lipinski definition) is 2. The summed E-state index contributed by atoms with van der Waals surface area (Å²) in [6.07, 6.45) is 4.43. The van der Waals surface area contributed by atoms with Gasteiger partial charge in [-0.1, -0.05) is 30.3 Å². The second kappa shape index (κ2) is 17.5. The maximum absolute atomic E-state index is 12.2. The van der Waals surface area contributed by atoms with E-state index in [-0.39, 0.29) is 18.4 Å². The predicted octanol–water partition coefficient (Wildman–Crippen LogP) is 4.37. The number of benzene rings is 1. The van der Waals surface area contributed by atoms with Crippen molar-refractivity contribution in [2.75, 3.05) is 40.6 Å². The fraction of sp³-hybridized carbons (Fsp3) is 0.714. The summed E-state index contributed by atoms with van der Waals surface area (Å²) in [4.78, 5) is 48.4. The first-order chi connectivity index (χ1) is 23.4. The molecule has 2 saturated carbocycles. The van der Waals surface area contributed by atoms with E-state index in [2.05, 4.69) is 10.6 Å². The summed E-state index contributed by atoms with van der Waals surface area (Å²) in [5.74, 6) is -1.98. The number of nitrogens with one attached hydrogen (secondary N) is 2. The molecular weight excluding hydrogens is 640 g/mol. The van der Waals surface area contributed by atoms with Crippen LogP contribution in [0.5, 0.6) is 0 Å². The molecule has 0 aromatic heterocycles. The van der Waals surface area contributed by atoms with Crippen LogP contribution in [-0.4, -0.2) is 94.0 Å². The Morgan fingerprint density at radius 2 is 1.12 bits per heavy atom. The van der Waals surface area contributed by atoms with Gasteiger partial charge in [-0.05, 0) is 63.9 Å². The molecular formula is C35H52N2O12. The zero-order valence-corrected chi connectivity index (χ0v) is 29.3. The molecule has 1 aromatic rings. The van der Waals surface area contributed by atoms with Crippen molar-refractivity contribution in [3.05, 3.63) is 35.9 Å². The van der Waals surface area contributed by atoms with E-state index < -0.39 is 53.4 Å². The number of hydrogen-bond acceptors (Lipinski definition) is 12. The molecule has 14 nitrogen and oxygen atoms in total. The summed E-state index contributed by atoms with van der Waals surface area (Å²) in [6, 6.07) is 7.93. The molecule has 2 heterocycles. The van der Waals surface area contributed by atoms with Gasteiger partial charge >= 0.3 is 24.1 Å². The van der Waals surface area contributed by atoms with Gasteiger partial charge in [-0.2, -0.15) is 0 Å². The lowest BCUT2D eigenvalue weighted by Gasteiger charge is -2.37. The third-order valence-corrected chi connectivity index (χ3v) is 9.22. The van der Waals surface area contributed by atoms with Crippen molar-refractivity contribution in [1.29, 1.82) is 0 Å². The highest BCUT2D eigenvalue weighted by Crippen LogP contribution is 2.40. The van der Waals surface area contributed by atoms with E-state index in [4.69, 9.17) is 37.9 Å². The molecule has 49 heavy (non-hydrogen) atoms. The van der Waals surface area contributed by atoms with E-state index in [1.54, 1.807) is 20.8 Å². The Kier molecular flexibility index (Phi) is 13.7. The summed E-state index contributed by atoms with van der Waals surface area (Å²) < 4.78 is 43.0. The van der Waals surface area contributed by atoms with Crippen molar-refractivity contribution in [3.8, 4) is 0 Å². The number of amides is 2. The monoisotopic (exact) mass is 692 g/mol. The minimum Gasteiger partial charge on any atom is -0.467 e. The van der Waals surface area contributed by atoms with Crippen LogP contribution >= 0.6 is 0 Å². The Bertz CT molecular complexity index is 1220. The van der Waals surface area contributed by atoms with Crippen LogP contribution in [0.4, 0.5) is 9.59 Å². The fourth-order valence-electron chi connectivity index (χ4n) is 6.72. The van der Waals surface area contributed by atoms with Crippen LogP contribution in [0.15, 0.2) is 30.3 Å². The molecule has 2 aliphatic carbocycles. The largest absolute Gasteiger partial charge is 0.467 e. The number of carbonyl (C=O) groups is 4. The Hall–Kier alpha value is -3.46. The van der Waals surface area contributed by atoms with Gasteiger partial charge in [0.25, 0.3) is 0 Å². The standard InChI is InChI=1S/C19H25NO6.C16H27NO6/c1-23-17(21)16(15-7-9-19(10-8-15)25-11-12-26-19)20-18(22)24-13-14-5-3-2-4-6-14;1-15(2,3)23-14(19)17-12(13(18)20-4)11-5-7-16(8-6-11)21-9-10-22-16/h2-6,15-16H,7-13H2,1H3,(H,20,22);11-12H,5-10H2,1-4H3,(H,17,19)/t16-;12-/m00/s1. The van der Waals surface area contributed by atoms with Crippen LogP contribution in [-0.2, 0) is 54.1 Å². The molecule has 4 fully saturated rings. The Morgan fingerprint density at radius 3 is 1.51 bits per heavy atom. The molecule has 5 rings (SSSR count). The highest BCUT2D eigenvalue weighted by Gasteiger charge is 2.45. The smallest absolute Gasteiger partial charge is 0.408 e. The average molecular weight is 693 g/mol. The number of methoxy groups -OCH3 is 2. The second-order valence-corrected chi connectivity index (χ2v) is 13.7. The van der Waals surface area contributed by atoms with Crippen molar-refractivity contribution in [2.24, 2.45) is 11.8 Å². The lowest BCUT2D eigenvalue weighted by Crippen LogP contribution is -2.50. The molecule has 2 atom stereocenters. The number of esters is 2. The normalized spacial score (nSPS) is 22.6. The van der Waals surface area contributed by atoms with Gasteiger partial charge in [0.05, 0.1) is 40.6 Å². The molecule has 4 aliphatic rings. The molecule has 0 bridgehead atoms. The first-order valence-corrected chi connectivity index (χ1v) is 17.0. The summed E-state index contributed by atoms with van der Waals surface area (Å²) in [5, 5.41) is 5.32. The zero-order valence-electron chi connectivity index (χ0n) is 29.3. The maximum Gasteiger partial charge on any atom is 0.408 e. The van der Waals surface area contributed by atoms with Crippen LogP contribution in [0.25, 0.3) is 0 Å². The number of carbonyl (C=O) groups excluding carboxylic acids is 4. The molecule has 2 saturated heterocycles. The van der Waals surface area contributed by atoms with E-state index in [1.165, 1.54) is 14.2 Å².